The molecule has 0 spiro atoms. The molecule has 118 valence electrons. The maximum absolute atomic E-state index is 11.4. The van der Waals surface area contributed by atoms with Gasteiger partial charge in [0, 0.05) is 12.1 Å². The second-order valence-electron chi connectivity index (χ2n) is 5.87. The molecule has 5 nitrogen and oxygen atoms in total. The Morgan fingerprint density at radius 3 is 2.43 bits per heavy atom. The molecule has 1 unspecified atom stereocenters. The highest BCUT2D eigenvalue weighted by Crippen LogP contribution is 2.29. The summed E-state index contributed by atoms with van der Waals surface area (Å²) in [5.74, 6) is 0.699. The zero-order valence-electron chi connectivity index (χ0n) is 13.6. The molecule has 1 atom stereocenters. The number of methoxy groups -OCH3 is 2. The van der Waals surface area contributed by atoms with Crippen LogP contribution in [0.2, 0.25) is 0 Å². The molecule has 0 heterocycles. The standard InChI is InChI=1S/C16H25NO4/c1-11(15(18)20-6)21-13-8-7-12(9-14(13)19-5)10-17-16(2,3)4/h7-9,11,17H,10H2,1-6H3. The molecule has 1 aromatic rings. The number of hydrogen-bond acceptors (Lipinski definition) is 5. The summed E-state index contributed by atoms with van der Waals surface area (Å²) in [6, 6.07) is 5.65. The van der Waals surface area contributed by atoms with Crippen molar-refractivity contribution in [2.45, 2.75) is 45.9 Å². The number of benzene rings is 1. The molecule has 0 aliphatic heterocycles. The van der Waals surface area contributed by atoms with Gasteiger partial charge in [0.2, 0.25) is 0 Å². The zero-order chi connectivity index (χ0) is 16.0. The third kappa shape index (κ3) is 5.63. The van der Waals surface area contributed by atoms with Crippen molar-refractivity contribution in [3.8, 4) is 11.5 Å². The number of nitrogens with one attached hydrogen (secondary N) is 1. The minimum Gasteiger partial charge on any atom is -0.493 e. The van der Waals surface area contributed by atoms with Crippen molar-refractivity contribution in [3.05, 3.63) is 23.8 Å². The number of hydrogen-bond donors (Lipinski definition) is 1. The van der Waals surface area contributed by atoms with Crippen LogP contribution in [-0.4, -0.2) is 31.8 Å². The fourth-order valence-electron chi connectivity index (χ4n) is 1.69. The predicted octanol–water partition coefficient (Wildman–Crippen LogP) is 2.52. The van der Waals surface area contributed by atoms with Gasteiger partial charge in [-0.1, -0.05) is 6.07 Å². The SMILES string of the molecule is COC(=O)C(C)Oc1ccc(CNC(C)(C)C)cc1OC. The summed E-state index contributed by atoms with van der Waals surface area (Å²) in [4.78, 5) is 11.4. The van der Waals surface area contributed by atoms with Crippen molar-refractivity contribution < 1.29 is 19.0 Å². The predicted molar refractivity (Wildman–Crippen MR) is 81.7 cm³/mol. The minimum absolute atomic E-state index is 0.0435. The van der Waals surface area contributed by atoms with Crippen LogP contribution in [0.1, 0.15) is 33.3 Å². The summed E-state index contributed by atoms with van der Waals surface area (Å²) in [5.41, 5.74) is 1.13. The number of carbonyl (C=O) groups is 1. The Balaban J connectivity index is 2.81. The van der Waals surface area contributed by atoms with E-state index in [-0.39, 0.29) is 5.54 Å². The zero-order valence-corrected chi connectivity index (χ0v) is 13.6. The van der Waals surface area contributed by atoms with Crippen molar-refractivity contribution in [3.63, 3.8) is 0 Å². The average Bonchev–Trinajstić information content (AvgIpc) is 2.44. The molecule has 1 rings (SSSR count). The van der Waals surface area contributed by atoms with Gasteiger partial charge in [0.25, 0.3) is 0 Å². The van der Waals surface area contributed by atoms with E-state index in [1.807, 2.05) is 12.1 Å². The molecular formula is C16H25NO4. The Kier molecular flexibility index (Phi) is 6.03. The van der Waals surface area contributed by atoms with Crippen molar-refractivity contribution in [2.75, 3.05) is 14.2 Å². The molecule has 0 saturated heterocycles. The Bertz CT molecular complexity index is 480. The van der Waals surface area contributed by atoms with Crippen LogP contribution in [0.15, 0.2) is 18.2 Å². The Hall–Kier alpha value is -1.75. The summed E-state index contributed by atoms with van der Waals surface area (Å²) < 4.78 is 15.5. The molecule has 0 radical (unpaired) electrons. The molecule has 0 aliphatic carbocycles. The van der Waals surface area contributed by atoms with E-state index in [0.717, 1.165) is 12.1 Å². The number of carbonyl (C=O) groups excluding carboxylic acids is 1. The first kappa shape index (κ1) is 17.3. The second kappa shape index (κ2) is 7.31. The first-order valence-corrected chi connectivity index (χ1v) is 6.93. The first-order valence-electron chi connectivity index (χ1n) is 6.93. The van der Waals surface area contributed by atoms with Crippen LogP contribution in [0, 0.1) is 0 Å². The van der Waals surface area contributed by atoms with Gasteiger partial charge in [-0.05, 0) is 45.4 Å². The average molecular weight is 295 g/mol. The van der Waals surface area contributed by atoms with Crippen LogP contribution in [0.5, 0.6) is 11.5 Å². The quantitative estimate of drug-likeness (QED) is 0.817. The van der Waals surface area contributed by atoms with Crippen LogP contribution in [0.25, 0.3) is 0 Å². The summed E-state index contributed by atoms with van der Waals surface area (Å²) >= 11 is 0. The highest BCUT2D eigenvalue weighted by atomic mass is 16.6. The van der Waals surface area contributed by atoms with Gasteiger partial charge in [-0.15, -0.1) is 0 Å². The second-order valence-corrected chi connectivity index (χ2v) is 5.87. The van der Waals surface area contributed by atoms with Gasteiger partial charge < -0.3 is 19.5 Å². The van der Waals surface area contributed by atoms with E-state index in [1.54, 1.807) is 20.1 Å². The van der Waals surface area contributed by atoms with Crippen molar-refractivity contribution >= 4 is 5.97 Å². The Labute approximate surface area is 126 Å². The van der Waals surface area contributed by atoms with Crippen LogP contribution < -0.4 is 14.8 Å². The third-order valence-electron chi connectivity index (χ3n) is 2.89. The molecule has 5 heteroatoms. The van der Waals surface area contributed by atoms with Gasteiger partial charge in [0.15, 0.2) is 17.6 Å². The first-order chi connectivity index (χ1) is 9.76. The Morgan fingerprint density at radius 1 is 1.24 bits per heavy atom. The molecule has 1 N–H and O–H groups in total. The molecule has 0 aliphatic rings. The van der Waals surface area contributed by atoms with E-state index in [9.17, 15) is 4.79 Å². The van der Waals surface area contributed by atoms with Gasteiger partial charge in [0.05, 0.1) is 14.2 Å². The molecule has 0 aromatic heterocycles. The Morgan fingerprint density at radius 2 is 1.90 bits per heavy atom. The summed E-state index contributed by atoms with van der Waals surface area (Å²) in [6.07, 6.45) is -0.678. The van der Waals surface area contributed by atoms with E-state index in [0.29, 0.717) is 11.5 Å². The van der Waals surface area contributed by atoms with E-state index < -0.39 is 12.1 Å². The molecule has 0 amide bonds. The largest absolute Gasteiger partial charge is 0.493 e. The number of ether oxygens (including phenoxy) is 3. The molecule has 0 saturated carbocycles. The fourth-order valence-corrected chi connectivity index (χ4v) is 1.69. The third-order valence-corrected chi connectivity index (χ3v) is 2.89. The van der Waals surface area contributed by atoms with Gasteiger partial charge in [-0.3, -0.25) is 0 Å². The normalized spacial score (nSPS) is 12.7. The fraction of sp³-hybridized carbons (Fsp3) is 0.562. The van der Waals surface area contributed by atoms with Crippen LogP contribution in [-0.2, 0) is 16.1 Å². The van der Waals surface area contributed by atoms with Crippen LogP contribution in [0.3, 0.4) is 0 Å². The maximum atomic E-state index is 11.4. The van der Waals surface area contributed by atoms with E-state index in [2.05, 4.69) is 30.8 Å². The van der Waals surface area contributed by atoms with E-state index >= 15 is 0 Å². The van der Waals surface area contributed by atoms with Gasteiger partial charge in [-0.2, -0.15) is 0 Å². The van der Waals surface area contributed by atoms with Crippen molar-refractivity contribution in [1.82, 2.24) is 5.32 Å². The van der Waals surface area contributed by atoms with Crippen molar-refractivity contribution in [2.24, 2.45) is 0 Å². The highest BCUT2D eigenvalue weighted by Gasteiger charge is 2.17. The van der Waals surface area contributed by atoms with Gasteiger partial charge in [-0.25, -0.2) is 4.79 Å². The topological polar surface area (TPSA) is 56.8 Å². The minimum atomic E-state index is -0.678. The van der Waals surface area contributed by atoms with Crippen LogP contribution >= 0.6 is 0 Å². The summed E-state index contributed by atoms with van der Waals surface area (Å²) in [5, 5.41) is 3.41. The van der Waals surface area contributed by atoms with Gasteiger partial charge in [0.1, 0.15) is 0 Å². The molecular weight excluding hydrogens is 270 g/mol. The lowest BCUT2D eigenvalue weighted by atomic mass is 10.1. The lowest BCUT2D eigenvalue weighted by molar-refractivity contribution is -0.147. The van der Waals surface area contributed by atoms with Crippen LogP contribution in [0.4, 0.5) is 0 Å². The molecule has 1 aromatic carbocycles. The molecule has 0 fully saturated rings. The number of rotatable bonds is 6. The summed E-state index contributed by atoms with van der Waals surface area (Å²) in [7, 11) is 2.91. The van der Waals surface area contributed by atoms with Crippen molar-refractivity contribution in [1.29, 1.82) is 0 Å². The lowest BCUT2D eigenvalue weighted by Crippen LogP contribution is -2.35. The number of esters is 1. The lowest BCUT2D eigenvalue weighted by Gasteiger charge is -2.21. The van der Waals surface area contributed by atoms with E-state index in [1.165, 1.54) is 7.11 Å². The smallest absolute Gasteiger partial charge is 0.346 e. The monoisotopic (exact) mass is 295 g/mol. The summed E-state index contributed by atoms with van der Waals surface area (Å²) in [6.45, 7) is 8.70. The van der Waals surface area contributed by atoms with E-state index in [4.69, 9.17) is 9.47 Å². The molecule has 21 heavy (non-hydrogen) atoms. The maximum Gasteiger partial charge on any atom is 0.346 e. The van der Waals surface area contributed by atoms with Gasteiger partial charge >= 0.3 is 5.97 Å². The molecule has 0 bridgehead atoms. The highest BCUT2D eigenvalue weighted by molar-refractivity contribution is 5.74.